The van der Waals surface area contributed by atoms with Crippen molar-refractivity contribution in [1.29, 1.82) is 0 Å². The standard InChI is InChI=1S/C18H13BrCl2N2O2/c1-24-13-4-2-3-5-14(13)25-16-17(20)22-15(23-18(16)21)10-11-6-8-12(19)9-7-11/h2-9H,10H2,1H3. The van der Waals surface area contributed by atoms with Crippen molar-refractivity contribution < 1.29 is 9.47 Å². The Kier molecular flexibility index (Phi) is 5.78. The molecule has 4 nitrogen and oxygen atoms in total. The molecule has 0 saturated heterocycles. The Morgan fingerprint density at radius 2 is 1.52 bits per heavy atom. The topological polar surface area (TPSA) is 44.2 Å². The lowest BCUT2D eigenvalue weighted by atomic mass is 10.1. The molecule has 3 aromatic rings. The van der Waals surface area contributed by atoms with E-state index < -0.39 is 0 Å². The molecule has 7 heteroatoms. The molecule has 25 heavy (non-hydrogen) atoms. The van der Waals surface area contributed by atoms with Crippen LogP contribution in [0.3, 0.4) is 0 Å². The second-order valence-corrected chi connectivity index (χ2v) is 6.74. The summed E-state index contributed by atoms with van der Waals surface area (Å²) in [6.07, 6.45) is 0.516. The SMILES string of the molecule is COc1ccccc1Oc1c(Cl)nc(Cc2ccc(Br)cc2)nc1Cl. The lowest BCUT2D eigenvalue weighted by Crippen LogP contribution is -2.00. The maximum atomic E-state index is 6.26. The van der Waals surface area contributed by atoms with Gasteiger partial charge in [-0.25, -0.2) is 9.97 Å². The van der Waals surface area contributed by atoms with Crippen LogP contribution >= 0.6 is 39.1 Å². The molecule has 0 spiro atoms. The van der Waals surface area contributed by atoms with Gasteiger partial charge in [-0.1, -0.05) is 63.4 Å². The molecule has 128 valence electrons. The van der Waals surface area contributed by atoms with Crippen LogP contribution in [0.15, 0.2) is 53.0 Å². The lowest BCUT2D eigenvalue weighted by Gasteiger charge is -2.12. The Morgan fingerprint density at radius 1 is 0.920 bits per heavy atom. The van der Waals surface area contributed by atoms with E-state index in [2.05, 4.69) is 25.9 Å². The van der Waals surface area contributed by atoms with Crippen molar-refractivity contribution in [3.63, 3.8) is 0 Å². The van der Waals surface area contributed by atoms with Crippen molar-refractivity contribution in [3.8, 4) is 17.2 Å². The van der Waals surface area contributed by atoms with Gasteiger partial charge in [-0.15, -0.1) is 0 Å². The van der Waals surface area contributed by atoms with Crippen molar-refractivity contribution in [3.05, 3.63) is 74.7 Å². The monoisotopic (exact) mass is 438 g/mol. The highest BCUT2D eigenvalue weighted by Crippen LogP contribution is 2.37. The zero-order chi connectivity index (χ0) is 17.8. The van der Waals surface area contributed by atoms with Gasteiger partial charge in [0.15, 0.2) is 21.8 Å². The molecule has 0 N–H and O–H groups in total. The molecular weight excluding hydrogens is 427 g/mol. The van der Waals surface area contributed by atoms with E-state index in [4.69, 9.17) is 32.7 Å². The van der Waals surface area contributed by atoms with Crippen molar-refractivity contribution in [2.45, 2.75) is 6.42 Å². The summed E-state index contributed by atoms with van der Waals surface area (Å²) in [6, 6.07) is 15.1. The largest absolute Gasteiger partial charge is 0.493 e. The predicted molar refractivity (Wildman–Crippen MR) is 102 cm³/mol. The van der Waals surface area contributed by atoms with Crippen LogP contribution in [0.5, 0.6) is 17.2 Å². The number of rotatable bonds is 5. The van der Waals surface area contributed by atoms with Gasteiger partial charge in [0.2, 0.25) is 5.75 Å². The summed E-state index contributed by atoms with van der Waals surface area (Å²) in [4.78, 5) is 8.59. The molecule has 0 aliphatic heterocycles. The lowest BCUT2D eigenvalue weighted by molar-refractivity contribution is 0.378. The highest BCUT2D eigenvalue weighted by molar-refractivity contribution is 9.10. The van der Waals surface area contributed by atoms with E-state index in [0.29, 0.717) is 23.7 Å². The minimum Gasteiger partial charge on any atom is -0.493 e. The van der Waals surface area contributed by atoms with Crippen LogP contribution < -0.4 is 9.47 Å². The molecule has 0 atom stereocenters. The first-order valence-electron chi connectivity index (χ1n) is 7.34. The summed E-state index contributed by atoms with van der Waals surface area (Å²) in [5.41, 5.74) is 1.05. The Balaban J connectivity index is 1.86. The Hall–Kier alpha value is -1.82. The summed E-state index contributed by atoms with van der Waals surface area (Å²) < 4.78 is 12.0. The van der Waals surface area contributed by atoms with Crippen molar-refractivity contribution in [2.75, 3.05) is 7.11 Å². The average Bonchev–Trinajstić information content (AvgIpc) is 2.60. The molecule has 0 fully saturated rings. The van der Waals surface area contributed by atoms with Gasteiger partial charge >= 0.3 is 0 Å². The fourth-order valence-corrected chi connectivity index (χ4v) is 2.96. The summed E-state index contributed by atoms with van der Waals surface area (Å²) in [5, 5.41) is 0.302. The normalized spacial score (nSPS) is 10.6. The number of hydrogen-bond acceptors (Lipinski definition) is 4. The molecule has 1 aromatic heterocycles. The van der Waals surface area contributed by atoms with Crippen LogP contribution in [0.2, 0.25) is 10.3 Å². The van der Waals surface area contributed by atoms with E-state index in [0.717, 1.165) is 10.0 Å². The number of hydrogen-bond donors (Lipinski definition) is 0. The third-order valence-electron chi connectivity index (χ3n) is 3.39. The smallest absolute Gasteiger partial charge is 0.202 e. The van der Waals surface area contributed by atoms with E-state index in [1.807, 2.05) is 36.4 Å². The fourth-order valence-electron chi connectivity index (χ4n) is 2.20. The fraction of sp³-hybridized carbons (Fsp3) is 0.111. The van der Waals surface area contributed by atoms with Crippen LogP contribution in [0.25, 0.3) is 0 Å². The van der Waals surface area contributed by atoms with Gasteiger partial charge in [-0.3, -0.25) is 0 Å². The van der Waals surface area contributed by atoms with Crippen LogP contribution in [-0.2, 0) is 6.42 Å². The first-order valence-corrected chi connectivity index (χ1v) is 8.89. The second kappa shape index (κ2) is 8.04. The zero-order valence-electron chi connectivity index (χ0n) is 13.2. The molecule has 0 aliphatic rings. The highest BCUT2D eigenvalue weighted by Gasteiger charge is 2.16. The van der Waals surface area contributed by atoms with Gasteiger partial charge in [-0.05, 0) is 29.8 Å². The van der Waals surface area contributed by atoms with Gasteiger partial charge < -0.3 is 9.47 Å². The minimum absolute atomic E-state index is 0.151. The molecule has 0 amide bonds. The molecule has 1 heterocycles. The Bertz CT molecular complexity index is 865. The maximum absolute atomic E-state index is 6.26. The van der Waals surface area contributed by atoms with Gasteiger partial charge in [-0.2, -0.15) is 0 Å². The quantitative estimate of drug-likeness (QED) is 0.461. The molecule has 3 rings (SSSR count). The van der Waals surface area contributed by atoms with Crippen LogP contribution in [-0.4, -0.2) is 17.1 Å². The summed E-state index contributed by atoms with van der Waals surface area (Å²) in [6.45, 7) is 0. The van der Waals surface area contributed by atoms with Gasteiger partial charge in [0, 0.05) is 10.9 Å². The van der Waals surface area contributed by atoms with Gasteiger partial charge in [0.1, 0.15) is 5.82 Å². The predicted octanol–water partition coefficient (Wildman–Crippen LogP) is 5.94. The van der Waals surface area contributed by atoms with Gasteiger partial charge in [0.05, 0.1) is 7.11 Å². The number of para-hydroxylation sites is 2. The number of ether oxygens (including phenoxy) is 2. The summed E-state index contributed by atoms with van der Waals surface area (Å²) in [5.74, 6) is 1.77. The molecule has 0 bridgehead atoms. The number of methoxy groups -OCH3 is 1. The van der Waals surface area contributed by atoms with Gasteiger partial charge in [0.25, 0.3) is 0 Å². The Morgan fingerprint density at radius 3 is 2.12 bits per heavy atom. The van der Waals surface area contributed by atoms with Crippen molar-refractivity contribution >= 4 is 39.1 Å². The maximum Gasteiger partial charge on any atom is 0.202 e. The number of aromatic nitrogens is 2. The van der Waals surface area contributed by atoms with E-state index in [9.17, 15) is 0 Å². The van der Waals surface area contributed by atoms with E-state index in [1.54, 1.807) is 19.2 Å². The molecule has 0 unspecified atom stereocenters. The zero-order valence-corrected chi connectivity index (χ0v) is 16.3. The number of benzene rings is 2. The average molecular weight is 440 g/mol. The third kappa shape index (κ3) is 4.42. The van der Waals surface area contributed by atoms with E-state index >= 15 is 0 Å². The molecule has 0 aliphatic carbocycles. The number of halogens is 3. The summed E-state index contributed by atoms with van der Waals surface area (Å²) in [7, 11) is 1.56. The molecular formula is C18H13BrCl2N2O2. The molecule has 0 radical (unpaired) electrons. The van der Waals surface area contributed by atoms with E-state index in [-0.39, 0.29) is 16.1 Å². The third-order valence-corrected chi connectivity index (χ3v) is 4.43. The molecule has 0 saturated carbocycles. The highest BCUT2D eigenvalue weighted by atomic mass is 79.9. The van der Waals surface area contributed by atoms with Crippen molar-refractivity contribution in [1.82, 2.24) is 9.97 Å². The molecule has 2 aromatic carbocycles. The van der Waals surface area contributed by atoms with Crippen molar-refractivity contribution in [2.24, 2.45) is 0 Å². The number of nitrogens with zero attached hydrogens (tertiary/aromatic N) is 2. The van der Waals surface area contributed by atoms with Crippen LogP contribution in [0, 0.1) is 0 Å². The Labute approximate surface area is 163 Å². The second-order valence-electron chi connectivity index (χ2n) is 5.11. The minimum atomic E-state index is 0.151. The summed E-state index contributed by atoms with van der Waals surface area (Å²) >= 11 is 15.9. The van der Waals surface area contributed by atoms with Crippen LogP contribution in [0.1, 0.15) is 11.4 Å². The van der Waals surface area contributed by atoms with Crippen LogP contribution in [0.4, 0.5) is 0 Å². The first kappa shape index (κ1) is 18.0. The first-order chi connectivity index (χ1) is 12.1. The van der Waals surface area contributed by atoms with E-state index in [1.165, 1.54) is 0 Å².